The lowest BCUT2D eigenvalue weighted by molar-refractivity contribution is -0.174. The molecule has 0 aliphatic carbocycles. The molecule has 0 bridgehead atoms. The SMILES string of the molecule is CCOC(=O)C(F)(F)[C@H](N)c1ccccc1OCC.Cl. The van der Waals surface area contributed by atoms with E-state index in [0.29, 0.717) is 6.61 Å². The van der Waals surface area contributed by atoms with Crippen LogP contribution in [0.1, 0.15) is 25.5 Å². The number of carbonyl (C=O) groups excluding carboxylic acids is 1. The average Bonchev–Trinajstić information content (AvgIpc) is 2.39. The van der Waals surface area contributed by atoms with E-state index in [4.69, 9.17) is 10.5 Å². The summed E-state index contributed by atoms with van der Waals surface area (Å²) in [5.74, 6) is -5.20. The first-order valence-electron chi connectivity index (χ1n) is 5.97. The summed E-state index contributed by atoms with van der Waals surface area (Å²) in [5.41, 5.74) is 5.58. The Hall–Kier alpha value is -1.40. The lowest BCUT2D eigenvalue weighted by Crippen LogP contribution is -2.41. The van der Waals surface area contributed by atoms with Crippen LogP contribution in [0.2, 0.25) is 0 Å². The van der Waals surface area contributed by atoms with Crippen molar-refractivity contribution in [3.63, 3.8) is 0 Å². The van der Waals surface area contributed by atoms with Crippen LogP contribution in [0.4, 0.5) is 8.78 Å². The van der Waals surface area contributed by atoms with Gasteiger partial charge in [-0.15, -0.1) is 12.4 Å². The Morgan fingerprint density at radius 3 is 2.45 bits per heavy atom. The van der Waals surface area contributed by atoms with Crippen molar-refractivity contribution < 1.29 is 23.0 Å². The number of esters is 1. The Bertz CT molecular complexity index is 443. The molecule has 0 radical (unpaired) electrons. The summed E-state index contributed by atoms with van der Waals surface area (Å²) in [4.78, 5) is 11.3. The van der Waals surface area contributed by atoms with Gasteiger partial charge in [-0.25, -0.2) is 4.79 Å². The summed E-state index contributed by atoms with van der Waals surface area (Å²) in [5, 5.41) is 0. The molecule has 1 aromatic carbocycles. The van der Waals surface area contributed by atoms with E-state index in [0.717, 1.165) is 0 Å². The molecule has 0 fully saturated rings. The number of nitrogens with two attached hydrogens (primary N) is 1. The second-order valence-electron chi connectivity index (χ2n) is 3.79. The molecule has 0 amide bonds. The molecule has 2 N–H and O–H groups in total. The second-order valence-corrected chi connectivity index (χ2v) is 3.79. The van der Waals surface area contributed by atoms with Crippen molar-refractivity contribution in [2.24, 2.45) is 5.73 Å². The summed E-state index contributed by atoms with van der Waals surface area (Å²) >= 11 is 0. The van der Waals surface area contributed by atoms with E-state index < -0.39 is 17.9 Å². The maximum atomic E-state index is 13.8. The highest BCUT2D eigenvalue weighted by Crippen LogP contribution is 2.35. The maximum Gasteiger partial charge on any atom is 0.379 e. The number of hydrogen-bond donors (Lipinski definition) is 1. The zero-order chi connectivity index (χ0) is 14.5. The minimum absolute atomic E-state index is 0. The number of hydrogen-bond acceptors (Lipinski definition) is 4. The third kappa shape index (κ3) is 4.05. The first-order chi connectivity index (χ1) is 8.95. The maximum absolute atomic E-state index is 13.8. The highest BCUT2D eigenvalue weighted by atomic mass is 35.5. The zero-order valence-electron chi connectivity index (χ0n) is 11.3. The number of halogens is 3. The fourth-order valence-electron chi connectivity index (χ4n) is 1.57. The average molecular weight is 310 g/mol. The van der Waals surface area contributed by atoms with E-state index in [1.165, 1.54) is 19.1 Å². The van der Waals surface area contributed by atoms with E-state index in [1.807, 2.05) is 0 Å². The molecule has 20 heavy (non-hydrogen) atoms. The summed E-state index contributed by atoms with van der Waals surface area (Å²) in [6, 6.07) is 4.32. The Morgan fingerprint density at radius 2 is 1.90 bits per heavy atom. The van der Waals surface area contributed by atoms with Crippen molar-refractivity contribution in [3.05, 3.63) is 29.8 Å². The molecule has 0 aliphatic rings. The Kier molecular flexibility index (Phi) is 7.45. The number of benzene rings is 1. The van der Waals surface area contributed by atoms with E-state index in [-0.39, 0.29) is 30.3 Å². The van der Waals surface area contributed by atoms with Crippen LogP contribution in [0.25, 0.3) is 0 Å². The number of para-hydroxylation sites is 1. The quantitative estimate of drug-likeness (QED) is 0.821. The fraction of sp³-hybridized carbons (Fsp3) is 0.462. The summed E-state index contributed by atoms with van der Waals surface area (Å²) < 4.78 is 37.3. The highest BCUT2D eigenvalue weighted by molar-refractivity contribution is 5.85. The molecular weight excluding hydrogens is 292 g/mol. The predicted octanol–water partition coefficient (Wildman–Crippen LogP) is 2.71. The van der Waals surface area contributed by atoms with Gasteiger partial charge in [0.2, 0.25) is 0 Å². The Balaban J connectivity index is 0.00000361. The standard InChI is InChI=1S/C13H17F2NO3.ClH/c1-3-18-10-8-6-5-7-9(10)11(16)13(14,15)12(17)19-4-2;/h5-8,11H,3-4,16H2,1-2H3;1H/t11-;/m1./s1. The van der Waals surface area contributed by atoms with Crippen molar-refractivity contribution in [1.82, 2.24) is 0 Å². The van der Waals surface area contributed by atoms with Crippen LogP contribution >= 0.6 is 12.4 Å². The minimum atomic E-state index is -3.80. The number of carbonyl (C=O) groups is 1. The number of ether oxygens (including phenoxy) is 2. The lowest BCUT2D eigenvalue weighted by Gasteiger charge is -2.23. The van der Waals surface area contributed by atoms with Gasteiger partial charge in [0, 0.05) is 5.56 Å². The molecule has 1 atom stereocenters. The lowest BCUT2D eigenvalue weighted by atomic mass is 10.0. The molecule has 0 saturated carbocycles. The third-order valence-corrected chi connectivity index (χ3v) is 2.49. The van der Waals surface area contributed by atoms with Gasteiger partial charge in [0.1, 0.15) is 11.8 Å². The molecule has 1 aromatic rings. The fourth-order valence-corrected chi connectivity index (χ4v) is 1.57. The molecule has 4 nitrogen and oxygen atoms in total. The molecule has 0 aliphatic heterocycles. The van der Waals surface area contributed by atoms with E-state index in [1.54, 1.807) is 19.1 Å². The van der Waals surface area contributed by atoms with Crippen molar-refractivity contribution in [2.45, 2.75) is 25.8 Å². The Morgan fingerprint density at radius 1 is 1.30 bits per heavy atom. The first kappa shape index (κ1) is 18.6. The number of rotatable bonds is 6. The summed E-state index contributed by atoms with van der Waals surface area (Å²) in [7, 11) is 0. The van der Waals surface area contributed by atoms with Gasteiger partial charge >= 0.3 is 11.9 Å². The van der Waals surface area contributed by atoms with Crippen molar-refractivity contribution in [1.29, 1.82) is 0 Å². The minimum Gasteiger partial charge on any atom is -0.494 e. The van der Waals surface area contributed by atoms with Gasteiger partial charge in [0.15, 0.2) is 0 Å². The van der Waals surface area contributed by atoms with Gasteiger partial charge < -0.3 is 15.2 Å². The number of alkyl halides is 2. The van der Waals surface area contributed by atoms with Gasteiger partial charge in [0.25, 0.3) is 0 Å². The second kappa shape index (κ2) is 8.01. The first-order valence-corrected chi connectivity index (χ1v) is 5.97. The highest BCUT2D eigenvalue weighted by Gasteiger charge is 2.48. The van der Waals surface area contributed by atoms with Crippen LogP contribution in [-0.4, -0.2) is 25.1 Å². The summed E-state index contributed by atoms with van der Waals surface area (Å²) in [6.07, 6.45) is 0. The molecule has 0 unspecified atom stereocenters. The van der Waals surface area contributed by atoms with Crippen LogP contribution in [0, 0.1) is 0 Å². The molecule has 1 rings (SSSR count). The summed E-state index contributed by atoms with van der Waals surface area (Å²) in [6.45, 7) is 3.36. The molecule has 7 heteroatoms. The largest absolute Gasteiger partial charge is 0.494 e. The van der Waals surface area contributed by atoms with Crippen LogP contribution in [-0.2, 0) is 9.53 Å². The van der Waals surface area contributed by atoms with Gasteiger partial charge in [-0.05, 0) is 19.9 Å². The molecule has 114 valence electrons. The van der Waals surface area contributed by atoms with Crippen LogP contribution < -0.4 is 10.5 Å². The van der Waals surface area contributed by atoms with Crippen molar-refractivity contribution in [3.8, 4) is 5.75 Å². The van der Waals surface area contributed by atoms with Crippen LogP contribution in [0.3, 0.4) is 0 Å². The smallest absolute Gasteiger partial charge is 0.379 e. The van der Waals surface area contributed by atoms with Crippen LogP contribution in [0.15, 0.2) is 24.3 Å². The van der Waals surface area contributed by atoms with E-state index in [2.05, 4.69) is 4.74 Å². The van der Waals surface area contributed by atoms with Gasteiger partial charge in [0.05, 0.1) is 13.2 Å². The van der Waals surface area contributed by atoms with Gasteiger partial charge in [-0.3, -0.25) is 0 Å². The van der Waals surface area contributed by atoms with Crippen molar-refractivity contribution in [2.75, 3.05) is 13.2 Å². The third-order valence-electron chi connectivity index (χ3n) is 2.49. The molecule has 0 saturated heterocycles. The molecule has 0 spiro atoms. The van der Waals surface area contributed by atoms with E-state index in [9.17, 15) is 13.6 Å². The van der Waals surface area contributed by atoms with E-state index >= 15 is 0 Å². The van der Waals surface area contributed by atoms with Crippen molar-refractivity contribution >= 4 is 18.4 Å². The zero-order valence-corrected chi connectivity index (χ0v) is 12.1. The molecule has 0 heterocycles. The topological polar surface area (TPSA) is 61.5 Å². The van der Waals surface area contributed by atoms with Gasteiger partial charge in [-0.1, -0.05) is 18.2 Å². The molecule has 0 aromatic heterocycles. The normalized spacial score (nSPS) is 12.2. The predicted molar refractivity (Wildman–Crippen MR) is 73.4 cm³/mol. The molecular formula is C13H18ClF2NO3. The monoisotopic (exact) mass is 309 g/mol. The Labute approximate surface area is 122 Å². The van der Waals surface area contributed by atoms with Gasteiger partial charge in [-0.2, -0.15) is 8.78 Å². The van der Waals surface area contributed by atoms with Crippen LogP contribution in [0.5, 0.6) is 5.75 Å².